The molecule has 0 bridgehead atoms. The van der Waals surface area contributed by atoms with Gasteiger partial charge in [-0.15, -0.1) is 0 Å². The maximum absolute atomic E-state index is 6.01. The van der Waals surface area contributed by atoms with E-state index in [0.29, 0.717) is 24.0 Å². The summed E-state index contributed by atoms with van der Waals surface area (Å²) in [7, 11) is 0. The van der Waals surface area contributed by atoms with Crippen LogP contribution in [-0.4, -0.2) is 12.2 Å². The molecule has 0 spiro atoms. The van der Waals surface area contributed by atoms with E-state index >= 15 is 0 Å². The van der Waals surface area contributed by atoms with Crippen LogP contribution in [0, 0.1) is 11.8 Å². The molecule has 0 aromatic rings. The molecular formula is C13H24O. The average Bonchev–Trinajstić information content (AvgIpc) is 2.01. The Morgan fingerprint density at radius 1 is 1.43 bits per heavy atom. The topological polar surface area (TPSA) is 9.23 Å². The molecule has 0 aromatic heterocycles. The van der Waals surface area contributed by atoms with E-state index in [2.05, 4.69) is 34.3 Å². The summed E-state index contributed by atoms with van der Waals surface area (Å²) in [6.45, 7) is 12.9. The van der Waals surface area contributed by atoms with Crippen molar-refractivity contribution in [1.82, 2.24) is 0 Å². The molecule has 0 saturated carbocycles. The van der Waals surface area contributed by atoms with Crippen molar-refractivity contribution in [2.75, 3.05) is 0 Å². The van der Waals surface area contributed by atoms with E-state index in [0.717, 1.165) is 0 Å². The van der Waals surface area contributed by atoms with Gasteiger partial charge >= 0.3 is 0 Å². The lowest BCUT2D eigenvalue weighted by molar-refractivity contribution is -0.0732. The smallest absolute Gasteiger partial charge is 0.0646 e. The molecule has 0 N–H and O–H groups in total. The molecule has 1 fully saturated rings. The quantitative estimate of drug-likeness (QED) is 0.624. The van der Waals surface area contributed by atoms with Crippen molar-refractivity contribution >= 4 is 0 Å². The van der Waals surface area contributed by atoms with Crippen molar-refractivity contribution in [3.05, 3.63) is 12.2 Å². The van der Waals surface area contributed by atoms with Gasteiger partial charge in [0, 0.05) is 5.92 Å². The molecule has 0 unspecified atom stereocenters. The summed E-state index contributed by atoms with van der Waals surface area (Å²) >= 11 is 0. The third-order valence-electron chi connectivity index (χ3n) is 3.08. The summed E-state index contributed by atoms with van der Waals surface area (Å²) in [5, 5.41) is 0. The minimum Gasteiger partial charge on any atom is -0.375 e. The first-order chi connectivity index (χ1) is 6.50. The second kappa shape index (κ2) is 4.97. The third kappa shape index (κ3) is 3.13. The minimum atomic E-state index is 0.413. The van der Waals surface area contributed by atoms with Crippen molar-refractivity contribution in [2.24, 2.45) is 11.8 Å². The van der Waals surface area contributed by atoms with E-state index in [1.54, 1.807) is 0 Å². The van der Waals surface area contributed by atoms with Crippen LogP contribution in [-0.2, 0) is 4.74 Å². The van der Waals surface area contributed by atoms with E-state index in [4.69, 9.17) is 4.74 Å². The zero-order chi connectivity index (χ0) is 10.7. The Morgan fingerprint density at radius 2 is 2.07 bits per heavy atom. The van der Waals surface area contributed by atoms with E-state index in [1.165, 1.54) is 24.8 Å². The van der Waals surface area contributed by atoms with E-state index in [9.17, 15) is 0 Å². The van der Waals surface area contributed by atoms with Crippen LogP contribution in [0.4, 0.5) is 0 Å². The molecular weight excluding hydrogens is 172 g/mol. The molecule has 1 aliphatic rings. The van der Waals surface area contributed by atoms with Crippen molar-refractivity contribution in [3.8, 4) is 0 Å². The van der Waals surface area contributed by atoms with Gasteiger partial charge < -0.3 is 4.74 Å². The van der Waals surface area contributed by atoms with Crippen LogP contribution in [0.3, 0.4) is 0 Å². The van der Waals surface area contributed by atoms with Gasteiger partial charge in [0.15, 0.2) is 0 Å². The zero-order valence-electron chi connectivity index (χ0n) is 10.0. The van der Waals surface area contributed by atoms with Gasteiger partial charge in [-0.05, 0) is 39.0 Å². The molecule has 0 aromatic carbocycles. The van der Waals surface area contributed by atoms with Gasteiger partial charge in [-0.1, -0.05) is 26.0 Å². The van der Waals surface area contributed by atoms with Gasteiger partial charge in [0.1, 0.15) is 0 Å². The van der Waals surface area contributed by atoms with E-state index in [-0.39, 0.29) is 0 Å². The van der Waals surface area contributed by atoms with Crippen molar-refractivity contribution in [2.45, 2.75) is 59.2 Å². The summed E-state index contributed by atoms with van der Waals surface area (Å²) in [6.07, 6.45) is 4.47. The van der Waals surface area contributed by atoms with Gasteiger partial charge in [-0.3, -0.25) is 0 Å². The first-order valence-electron chi connectivity index (χ1n) is 5.81. The molecule has 1 aliphatic heterocycles. The van der Waals surface area contributed by atoms with Crippen LogP contribution < -0.4 is 0 Å². The van der Waals surface area contributed by atoms with E-state index < -0.39 is 0 Å². The lowest BCUT2D eigenvalue weighted by Gasteiger charge is -2.36. The highest BCUT2D eigenvalue weighted by Crippen LogP contribution is 2.32. The number of ether oxygens (including phenoxy) is 1. The summed E-state index contributed by atoms with van der Waals surface area (Å²) in [4.78, 5) is 0. The second-order valence-corrected chi connectivity index (χ2v) is 5.14. The van der Waals surface area contributed by atoms with Crippen LogP contribution in [0.25, 0.3) is 0 Å². The van der Waals surface area contributed by atoms with Gasteiger partial charge in [-0.2, -0.15) is 0 Å². The Labute approximate surface area is 88.5 Å². The maximum Gasteiger partial charge on any atom is 0.0646 e. The van der Waals surface area contributed by atoms with Crippen molar-refractivity contribution in [1.29, 1.82) is 0 Å². The highest BCUT2D eigenvalue weighted by molar-refractivity contribution is 5.01. The first kappa shape index (κ1) is 11.8. The fraction of sp³-hybridized carbons (Fsp3) is 0.846. The molecule has 1 heteroatoms. The van der Waals surface area contributed by atoms with Crippen LogP contribution in [0.15, 0.2) is 12.2 Å². The van der Waals surface area contributed by atoms with E-state index in [1.807, 2.05) is 0 Å². The first-order valence-corrected chi connectivity index (χ1v) is 5.81. The highest BCUT2D eigenvalue weighted by atomic mass is 16.5. The monoisotopic (exact) mass is 196 g/mol. The molecule has 1 heterocycles. The summed E-state index contributed by atoms with van der Waals surface area (Å²) in [5.74, 6) is 1.31. The Bertz CT molecular complexity index is 193. The predicted molar refractivity (Wildman–Crippen MR) is 61.3 cm³/mol. The second-order valence-electron chi connectivity index (χ2n) is 5.14. The molecule has 3 atom stereocenters. The van der Waals surface area contributed by atoms with Crippen LogP contribution in [0.5, 0.6) is 0 Å². The molecule has 82 valence electrons. The molecule has 1 rings (SSSR count). The molecule has 1 saturated heterocycles. The van der Waals surface area contributed by atoms with Gasteiger partial charge in [0.25, 0.3) is 0 Å². The predicted octanol–water partition coefficient (Wildman–Crippen LogP) is 3.79. The third-order valence-corrected chi connectivity index (χ3v) is 3.08. The van der Waals surface area contributed by atoms with Crippen LogP contribution in [0.2, 0.25) is 0 Å². The SMILES string of the molecule is C=C(C)[C@H]1CC[C@@H](C)O[C@@H]1CC(C)C. The molecule has 14 heavy (non-hydrogen) atoms. The average molecular weight is 196 g/mol. The largest absolute Gasteiger partial charge is 0.375 e. The summed E-state index contributed by atoms with van der Waals surface area (Å²) < 4.78 is 6.01. The Hall–Kier alpha value is -0.300. The Morgan fingerprint density at radius 3 is 2.57 bits per heavy atom. The van der Waals surface area contributed by atoms with Gasteiger partial charge in [-0.25, -0.2) is 0 Å². The molecule has 0 amide bonds. The lowest BCUT2D eigenvalue weighted by Crippen LogP contribution is -2.35. The minimum absolute atomic E-state index is 0.413. The Balaban J connectivity index is 2.59. The van der Waals surface area contributed by atoms with Gasteiger partial charge in [0.2, 0.25) is 0 Å². The van der Waals surface area contributed by atoms with Gasteiger partial charge in [0.05, 0.1) is 12.2 Å². The fourth-order valence-corrected chi connectivity index (χ4v) is 2.31. The van der Waals surface area contributed by atoms with Crippen molar-refractivity contribution < 1.29 is 4.74 Å². The van der Waals surface area contributed by atoms with Crippen LogP contribution in [0.1, 0.15) is 47.0 Å². The highest BCUT2D eigenvalue weighted by Gasteiger charge is 2.29. The standard InChI is InChI=1S/C13H24O/c1-9(2)8-13-12(10(3)4)7-6-11(5)14-13/h9,11-13H,3,6-8H2,1-2,4-5H3/t11-,12-,13-/m1/s1. The summed E-state index contributed by atoms with van der Waals surface area (Å²) in [5.41, 5.74) is 1.29. The number of hydrogen-bond donors (Lipinski definition) is 0. The zero-order valence-corrected chi connectivity index (χ0v) is 10.0. The van der Waals surface area contributed by atoms with Crippen molar-refractivity contribution in [3.63, 3.8) is 0 Å². The number of rotatable bonds is 3. The Kier molecular flexibility index (Phi) is 4.18. The van der Waals surface area contributed by atoms with Crippen LogP contribution >= 0.6 is 0 Å². The molecule has 0 radical (unpaired) electrons. The maximum atomic E-state index is 6.01. The summed E-state index contributed by atoms with van der Waals surface area (Å²) in [6, 6.07) is 0. The molecule has 1 nitrogen and oxygen atoms in total. The number of hydrogen-bond acceptors (Lipinski definition) is 1. The molecule has 0 aliphatic carbocycles. The lowest BCUT2D eigenvalue weighted by atomic mass is 9.83. The fourth-order valence-electron chi connectivity index (χ4n) is 2.31. The normalized spacial score (nSPS) is 33.4.